The van der Waals surface area contributed by atoms with Crippen LogP contribution in [-0.4, -0.2) is 20.5 Å². The third-order valence-corrected chi connectivity index (χ3v) is 5.73. The monoisotopic (exact) mass is 406 g/mol. The summed E-state index contributed by atoms with van der Waals surface area (Å²) in [6, 6.07) is 16.0. The van der Waals surface area contributed by atoms with Crippen molar-refractivity contribution >= 4 is 23.7 Å². The average Bonchev–Trinajstić information content (AvgIpc) is 3.01. The second-order valence-corrected chi connectivity index (χ2v) is 7.41. The Morgan fingerprint density at radius 3 is 2.55 bits per heavy atom. The van der Waals surface area contributed by atoms with Crippen LogP contribution in [0.25, 0.3) is 11.3 Å². The zero-order chi connectivity index (χ0) is 19.3. The maximum absolute atomic E-state index is 12.4. The van der Waals surface area contributed by atoms with Gasteiger partial charge in [-0.15, -0.1) is 12.4 Å². The summed E-state index contributed by atoms with van der Waals surface area (Å²) in [5.41, 5.74) is 7.71. The van der Waals surface area contributed by atoms with Gasteiger partial charge in [0, 0.05) is 37.2 Å². The van der Waals surface area contributed by atoms with E-state index in [1.54, 1.807) is 16.7 Å². The number of imidazole rings is 1. The van der Waals surface area contributed by atoms with Gasteiger partial charge in [0.25, 0.3) is 5.56 Å². The SMILES string of the molecule is Cc1nc2c(N3CCc4ccccc4C3)cc(-n3ccccc3=O)cn2c1C.Cl. The molecule has 0 aliphatic carbocycles. The van der Waals surface area contributed by atoms with E-state index in [-0.39, 0.29) is 18.0 Å². The van der Waals surface area contributed by atoms with E-state index in [2.05, 4.69) is 46.6 Å². The fourth-order valence-corrected chi connectivity index (χ4v) is 4.05. The first kappa shape index (κ1) is 19.3. The van der Waals surface area contributed by atoms with Crippen molar-refractivity contribution in [2.75, 3.05) is 11.4 Å². The average molecular weight is 407 g/mol. The summed E-state index contributed by atoms with van der Waals surface area (Å²) >= 11 is 0. The van der Waals surface area contributed by atoms with Crippen LogP contribution in [0.1, 0.15) is 22.5 Å². The number of anilines is 1. The van der Waals surface area contributed by atoms with E-state index in [1.165, 1.54) is 11.1 Å². The molecular formula is C23H23ClN4O. The van der Waals surface area contributed by atoms with Crippen molar-refractivity contribution in [2.24, 2.45) is 0 Å². The molecule has 1 aromatic carbocycles. The van der Waals surface area contributed by atoms with Crippen LogP contribution >= 0.6 is 12.4 Å². The fraction of sp³-hybridized carbons (Fsp3) is 0.217. The molecule has 0 spiro atoms. The minimum Gasteiger partial charge on any atom is -0.364 e. The van der Waals surface area contributed by atoms with Crippen molar-refractivity contribution in [3.63, 3.8) is 0 Å². The Labute approximate surface area is 175 Å². The van der Waals surface area contributed by atoms with Gasteiger partial charge in [-0.25, -0.2) is 4.98 Å². The molecule has 5 rings (SSSR count). The number of pyridine rings is 2. The number of halogens is 1. The first-order chi connectivity index (χ1) is 13.6. The van der Waals surface area contributed by atoms with Crippen LogP contribution in [0.15, 0.2) is 65.7 Å². The Balaban J connectivity index is 0.00000205. The molecule has 0 unspecified atom stereocenters. The summed E-state index contributed by atoms with van der Waals surface area (Å²) in [6.07, 6.45) is 4.84. The molecule has 0 bridgehead atoms. The molecule has 29 heavy (non-hydrogen) atoms. The molecule has 148 valence electrons. The lowest BCUT2D eigenvalue weighted by Crippen LogP contribution is -2.31. The predicted molar refractivity (Wildman–Crippen MR) is 119 cm³/mol. The van der Waals surface area contributed by atoms with Gasteiger partial charge in [0.1, 0.15) is 0 Å². The van der Waals surface area contributed by atoms with Gasteiger partial charge in [-0.3, -0.25) is 9.36 Å². The van der Waals surface area contributed by atoms with Crippen LogP contribution in [-0.2, 0) is 13.0 Å². The summed E-state index contributed by atoms with van der Waals surface area (Å²) in [5, 5.41) is 0. The lowest BCUT2D eigenvalue weighted by Gasteiger charge is -2.31. The van der Waals surface area contributed by atoms with Crippen LogP contribution in [0.2, 0.25) is 0 Å². The molecule has 4 heterocycles. The van der Waals surface area contributed by atoms with Crippen LogP contribution in [0, 0.1) is 13.8 Å². The molecule has 4 aromatic rings. The van der Waals surface area contributed by atoms with Crippen molar-refractivity contribution in [1.82, 2.24) is 14.0 Å². The topological polar surface area (TPSA) is 42.5 Å². The second kappa shape index (κ2) is 7.41. The molecule has 0 saturated heterocycles. The highest BCUT2D eigenvalue weighted by molar-refractivity contribution is 5.85. The van der Waals surface area contributed by atoms with Crippen LogP contribution in [0.5, 0.6) is 0 Å². The van der Waals surface area contributed by atoms with Crippen LogP contribution in [0.4, 0.5) is 5.69 Å². The smallest absolute Gasteiger partial charge is 0.255 e. The molecule has 0 fully saturated rings. The van der Waals surface area contributed by atoms with Gasteiger partial charge in [-0.1, -0.05) is 30.3 Å². The third kappa shape index (κ3) is 3.21. The van der Waals surface area contributed by atoms with Crippen molar-refractivity contribution < 1.29 is 0 Å². The fourth-order valence-electron chi connectivity index (χ4n) is 4.05. The summed E-state index contributed by atoms with van der Waals surface area (Å²) in [6.45, 7) is 5.89. The molecule has 0 radical (unpaired) electrons. The van der Waals surface area contributed by atoms with Gasteiger partial charge in [0.2, 0.25) is 0 Å². The van der Waals surface area contributed by atoms with E-state index in [1.807, 2.05) is 25.4 Å². The van der Waals surface area contributed by atoms with Gasteiger partial charge >= 0.3 is 0 Å². The molecule has 6 heteroatoms. The van der Waals surface area contributed by atoms with Crippen molar-refractivity contribution in [2.45, 2.75) is 26.8 Å². The number of fused-ring (bicyclic) bond motifs is 2. The standard InChI is InChI=1S/C23H22N4O.ClH/c1-16-17(2)27-15-20(26-11-6-5-9-22(26)28)13-21(23(27)24-16)25-12-10-18-7-3-4-8-19(18)14-25;/h3-9,11,13,15H,10,12,14H2,1-2H3;1H. The molecule has 5 nitrogen and oxygen atoms in total. The van der Waals surface area contributed by atoms with E-state index in [0.29, 0.717) is 0 Å². The van der Waals surface area contributed by atoms with Crippen molar-refractivity contribution in [3.8, 4) is 5.69 Å². The Bertz CT molecular complexity index is 1260. The Morgan fingerprint density at radius 1 is 1.00 bits per heavy atom. The lowest BCUT2D eigenvalue weighted by atomic mass is 9.99. The normalized spacial score (nSPS) is 13.2. The molecule has 0 amide bonds. The molecular weight excluding hydrogens is 384 g/mol. The van der Waals surface area contributed by atoms with Crippen molar-refractivity contribution in [3.05, 3.63) is 93.8 Å². The summed E-state index contributed by atoms with van der Waals surface area (Å²) in [5.74, 6) is 0. The largest absolute Gasteiger partial charge is 0.364 e. The van der Waals surface area contributed by atoms with Gasteiger partial charge in [-0.05, 0) is 43.5 Å². The number of aromatic nitrogens is 3. The van der Waals surface area contributed by atoms with E-state index in [4.69, 9.17) is 4.98 Å². The Kier molecular flexibility index (Phi) is 4.92. The third-order valence-electron chi connectivity index (χ3n) is 5.73. The quantitative estimate of drug-likeness (QED) is 0.503. The van der Waals surface area contributed by atoms with E-state index >= 15 is 0 Å². The first-order valence-corrected chi connectivity index (χ1v) is 9.61. The van der Waals surface area contributed by atoms with Crippen molar-refractivity contribution in [1.29, 1.82) is 0 Å². The highest BCUT2D eigenvalue weighted by atomic mass is 35.5. The summed E-state index contributed by atoms with van der Waals surface area (Å²) < 4.78 is 3.80. The van der Waals surface area contributed by atoms with Gasteiger partial charge in [-0.2, -0.15) is 0 Å². The van der Waals surface area contributed by atoms with Crippen LogP contribution < -0.4 is 10.5 Å². The molecule has 1 aliphatic heterocycles. The molecule has 3 aromatic heterocycles. The summed E-state index contributed by atoms with van der Waals surface area (Å²) in [4.78, 5) is 19.6. The molecule has 0 atom stereocenters. The zero-order valence-electron chi connectivity index (χ0n) is 16.5. The maximum atomic E-state index is 12.4. The van der Waals surface area contributed by atoms with E-state index < -0.39 is 0 Å². The van der Waals surface area contributed by atoms with Crippen LogP contribution in [0.3, 0.4) is 0 Å². The number of hydrogen-bond acceptors (Lipinski definition) is 3. The summed E-state index contributed by atoms with van der Waals surface area (Å²) in [7, 11) is 0. The number of aryl methyl sites for hydroxylation is 2. The number of rotatable bonds is 2. The Hall–Kier alpha value is -3.05. The highest BCUT2D eigenvalue weighted by Crippen LogP contribution is 2.30. The molecule has 0 N–H and O–H groups in total. The predicted octanol–water partition coefficient (Wildman–Crippen LogP) is 4.09. The number of nitrogens with zero attached hydrogens (tertiary/aromatic N) is 4. The van der Waals surface area contributed by atoms with Gasteiger partial charge < -0.3 is 9.30 Å². The highest BCUT2D eigenvalue weighted by Gasteiger charge is 2.21. The number of benzene rings is 1. The van der Waals surface area contributed by atoms with Gasteiger partial charge in [0.05, 0.1) is 17.1 Å². The molecule has 1 aliphatic rings. The maximum Gasteiger partial charge on any atom is 0.255 e. The number of hydrogen-bond donors (Lipinski definition) is 0. The first-order valence-electron chi connectivity index (χ1n) is 9.61. The Morgan fingerprint density at radius 2 is 1.76 bits per heavy atom. The molecule has 0 saturated carbocycles. The van der Waals surface area contributed by atoms with E-state index in [9.17, 15) is 4.79 Å². The minimum atomic E-state index is -0.0359. The lowest BCUT2D eigenvalue weighted by molar-refractivity contribution is 0.731. The van der Waals surface area contributed by atoms with Gasteiger partial charge in [0.15, 0.2) is 5.65 Å². The minimum absolute atomic E-state index is 0. The zero-order valence-corrected chi connectivity index (χ0v) is 17.3. The van der Waals surface area contributed by atoms with E-state index in [0.717, 1.165) is 47.9 Å². The second-order valence-electron chi connectivity index (χ2n) is 7.41.